The molecule has 2 unspecified atom stereocenters. The molecular formula is C10H20N2O. The molecule has 3 nitrogen and oxygen atoms in total. The van der Waals surface area contributed by atoms with Gasteiger partial charge in [-0.05, 0) is 31.2 Å². The second kappa shape index (κ2) is 4.61. The Labute approximate surface area is 80.1 Å². The van der Waals surface area contributed by atoms with E-state index in [4.69, 9.17) is 5.73 Å². The van der Waals surface area contributed by atoms with Gasteiger partial charge < -0.3 is 11.1 Å². The number of hydrogen-bond donors (Lipinski definition) is 2. The number of rotatable bonds is 3. The van der Waals surface area contributed by atoms with Crippen molar-refractivity contribution in [2.24, 2.45) is 17.6 Å². The van der Waals surface area contributed by atoms with Gasteiger partial charge in [0, 0.05) is 12.5 Å². The fourth-order valence-corrected chi connectivity index (χ4v) is 2.01. The molecule has 13 heavy (non-hydrogen) atoms. The summed E-state index contributed by atoms with van der Waals surface area (Å²) in [5, 5.41) is 3.47. The van der Waals surface area contributed by atoms with Gasteiger partial charge in [-0.2, -0.15) is 0 Å². The van der Waals surface area contributed by atoms with E-state index in [0.717, 1.165) is 19.4 Å². The van der Waals surface area contributed by atoms with E-state index in [1.165, 1.54) is 0 Å². The van der Waals surface area contributed by atoms with Crippen LogP contribution in [-0.2, 0) is 4.79 Å². The molecule has 3 N–H and O–H groups in total. The van der Waals surface area contributed by atoms with E-state index in [9.17, 15) is 4.79 Å². The average Bonchev–Trinajstić information content (AvgIpc) is 2.03. The van der Waals surface area contributed by atoms with Crippen LogP contribution in [0.5, 0.6) is 0 Å². The number of nitrogens with one attached hydrogen (secondary N) is 1. The summed E-state index contributed by atoms with van der Waals surface area (Å²) in [6.07, 6.45) is 2.75. The van der Waals surface area contributed by atoms with E-state index in [0.29, 0.717) is 24.3 Å². The largest absolute Gasteiger partial charge is 0.370 e. The van der Waals surface area contributed by atoms with Crippen LogP contribution in [0.3, 0.4) is 0 Å². The minimum absolute atomic E-state index is 0.158. The summed E-state index contributed by atoms with van der Waals surface area (Å²) in [7, 11) is 0. The highest BCUT2D eigenvalue weighted by Gasteiger charge is 2.24. The zero-order valence-corrected chi connectivity index (χ0v) is 8.55. The molecule has 0 saturated carbocycles. The molecule has 1 aliphatic heterocycles. The first-order valence-corrected chi connectivity index (χ1v) is 5.11. The van der Waals surface area contributed by atoms with Gasteiger partial charge in [-0.1, -0.05) is 13.8 Å². The predicted molar refractivity (Wildman–Crippen MR) is 53.2 cm³/mol. The Morgan fingerprint density at radius 3 is 2.85 bits per heavy atom. The van der Waals surface area contributed by atoms with Crippen LogP contribution >= 0.6 is 0 Å². The van der Waals surface area contributed by atoms with Crippen molar-refractivity contribution in [1.82, 2.24) is 5.32 Å². The molecule has 1 heterocycles. The molecule has 0 aliphatic carbocycles. The first kappa shape index (κ1) is 10.5. The van der Waals surface area contributed by atoms with Gasteiger partial charge in [0.1, 0.15) is 0 Å². The summed E-state index contributed by atoms with van der Waals surface area (Å²) in [5.41, 5.74) is 5.19. The zero-order valence-electron chi connectivity index (χ0n) is 8.55. The standard InChI is InChI=1S/C10H20N2O/c1-7(2)9-5-8(3-4-12-9)6-10(11)13/h7-9,12H,3-6H2,1-2H3,(H2,11,13). The minimum Gasteiger partial charge on any atom is -0.370 e. The normalized spacial score (nSPS) is 29.2. The molecule has 1 aliphatic rings. The molecule has 76 valence electrons. The van der Waals surface area contributed by atoms with Crippen molar-refractivity contribution in [1.29, 1.82) is 0 Å². The molecule has 3 heteroatoms. The van der Waals surface area contributed by atoms with Gasteiger partial charge in [-0.25, -0.2) is 0 Å². The molecule has 0 bridgehead atoms. The van der Waals surface area contributed by atoms with Crippen LogP contribution in [0.2, 0.25) is 0 Å². The van der Waals surface area contributed by atoms with Gasteiger partial charge in [-0.3, -0.25) is 4.79 Å². The Bertz CT molecular complexity index is 180. The Balaban J connectivity index is 2.37. The maximum Gasteiger partial charge on any atom is 0.217 e. The molecule has 2 atom stereocenters. The maximum atomic E-state index is 10.7. The molecule has 1 amide bonds. The fraction of sp³-hybridized carbons (Fsp3) is 0.900. The minimum atomic E-state index is -0.158. The number of nitrogens with two attached hydrogens (primary N) is 1. The quantitative estimate of drug-likeness (QED) is 0.684. The molecule has 0 aromatic rings. The Morgan fingerprint density at radius 2 is 2.31 bits per heavy atom. The van der Waals surface area contributed by atoms with Crippen LogP contribution in [-0.4, -0.2) is 18.5 Å². The van der Waals surface area contributed by atoms with Gasteiger partial charge in [0.25, 0.3) is 0 Å². The molecule has 0 radical (unpaired) electrons. The first-order valence-electron chi connectivity index (χ1n) is 5.11. The van der Waals surface area contributed by atoms with E-state index in [2.05, 4.69) is 19.2 Å². The van der Waals surface area contributed by atoms with Crippen LogP contribution in [0.1, 0.15) is 33.1 Å². The summed E-state index contributed by atoms with van der Waals surface area (Å²) >= 11 is 0. The lowest BCUT2D eigenvalue weighted by atomic mass is 9.85. The van der Waals surface area contributed by atoms with Crippen molar-refractivity contribution in [2.45, 2.75) is 39.2 Å². The number of carbonyl (C=O) groups is 1. The smallest absolute Gasteiger partial charge is 0.217 e. The maximum absolute atomic E-state index is 10.7. The topological polar surface area (TPSA) is 55.1 Å². The van der Waals surface area contributed by atoms with Crippen LogP contribution in [0, 0.1) is 11.8 Å². The molecule has 1 rings (SSSR count). The van der Waals surface area contributed by atoms with Crippen molar-refractivity contribution in [3.8, 4) is 0 Å². The second-order valence-corrected chi connectivity index (χ2v) is 4.37. The summed E-state index contributed by atoms with van der Waals surface area (Å²) in [5.74, 6) is 0.997. The Kier molecular flexibility index (Phi) is 3.72. The number of hydrogen-bond acceptors (Lipinski definition) is 2. The van der Waals surface area contributed by atoms with Gasteiger partial charge in [0.2, 0.25) is 5.91 Å². The highest BCUT2D eigenvalue weighted by molar-refractivity contribution is 5.74. The average molecular weight is 184 g/mol. The first-order chi connectivity index (χ1) is 6.09. The van der Waals surface area contributed by atoms with Crippen LogP contribution in [0.25, 0.3) is 0 Å². The number of carbonyl (C=O) groups excluding carboxylic acids is 1. The van der Waals surface area contributed by atoms with Gasteiger partial charge in [0.05, 0.1) is 0 Å². The third kappa shape index (κ3) is 3.35. The van der Waals surface area contributed by atoms with Gasteiger partial charge >= 0.3 is 0 Å². The van der Waals surface area contributed by atoms with Crippen LogP contribution in [0.15, 0.2) is 0 Å². The summed E-state index contributed by atoms with van der Waals surface area (Å²) in [6, 6.07) is 0.568. The predicted octanol–water partition coefficient (Wildman–Crippen LogP) is 0.886. The number of primary amides is 1. The Morgan fingerprint density at radius 1 is 1.62 bits per heavy atom. The highest BCUT2D eigenvalue weighted by Crippen LogP contribution is 2.22. The lowest BCUT2D eigenvalue weighted by Crippen LogP contribution is -2.42. The van der Waals surface area contributed by atoms with E-state index in [-0.39, 0.29) is 5.91 Å². The highest BCUT2D eigenvalue weighted by atomic mass is 16.1. The van der Waals surface area contributed by atoms with Crippen LogP contribution in [0.4, 0.5) is 0 Å². The van der Waals surface area contributed by atoms with Crippen molar-refractivity contribution >= 4 is 5.91 Å². The van der Waals surface area contributed by atoms with Crippen molar-refractivity contribution in [3.05, 3.63) is 0 Å². The number of piperidine rings is 1. The van der Waals surface area contributed by atoms with Gasteiger partial charge in [0.15, 0.2) is 0 Å². The van der Waals surface area contributed by atoms with E-state index >= 15 is 0 Å². The third-order valence-corrected chi connectivity index (χ3v) is 2.84. The third-order valence-electron chi connectivity index (χ3n) is 2.84. The molecule has 0 aromatic heterocycles. The van der Waals surface area contributed by atoms with Crippen molar-refractivity contribution < 1.29 is 4.79 Å². The molecule has 1 fully saturated rings. The fourth-order valence-electron chi connectivity index (χ4n) is 2.01. The number of amides is 1. The lowest BCUT2D eigenvalue weighted by molar-refractivity contribution is -0.119. The zero-order chi connectivity index (χ0) is 9.84. The van der Waals surface area contributed by atoms with Crippen molar-refractivity contribution in [3.63, 3.8) is 0 Å². The summed E-state index contributed by atoms with van der Waals surface area (Å²) in [6.45, 7) is 5.45. The summed E-state index contributed by atoms with van der Waals surface area (Å²) in [4.78, 5) is 10.7. The molecule has 1 saturated heterocycles. The second-order valence-electron chi connectivity index (χ2n) is 4.37. The Hall–Kier alpha value is -0.570. The molecule has 0 spiro atoms. The molecule has 0 aromatic carbocycles. The lowest BCUT2D eigenvalue weighted by Gasteiger charge is -2.32. The van der Waals surface area contributed by atoms with Crippen LogP contribution < -0.4 is 11.1 Å². The van der Waals surface area contributed by atoms with E-state index in [1.807, 2.05) is 0 Å². The SMILES string of the molecule is CC(C)C1CC(CC(N)=O)CCN1. The van der Waals surface area contributed by atoms with E-state index in [1.54, 1.807) is 0 Å². The monoisotopic (exact) mass is 184 g/mol. The van der Waals surface area contributed by atoms with Gasteiger partial charge in [-0.15, -0.1) is 0 Å². The molecular weight excluding hydrogens is 164 g/mol. The summed E-state index contributed by atoms with van der Waals surface area (Å²) < 4.78 is 0. The van der Waals surface area contributed by atoms with Crippen molar-refractivity contribution in [2.75, 3.05) is 6.54 Å². The van der Waals surface area contributed by atoms with E-state index < -0.39 is 0 Å².